The van der Waals surface area contributed by atoms with Gasteiger partial charge in [-0.15, -0.1) is 0 Å². The van der Waals surface area contributed by atoms with Crippen molar-refractivity contribution < 1.29 is 9.90 Å². The Balaban J connectivity index is 1.91. The number of nitrogens with zero attached hydrogens (tertiary/aromatic N) is 3. The van der Waals surface area contributed by atoms with Gasteiger partial charge in [0.25, 0.3) is 5.91 Å². The minimum atomic E-state index is -0.300. The first kappa shape index (κ1) is 15.7. The Hall–Kier alpha value is -1.69. The van der Waals surface area contributed by atoms with Crippen molar-refractivity contribution in [2.75, 3.05) is 25.0 Å². The van der Waals surface area contributed by atoms with Crippen LogP contribution < -0.4 is 5.32 Å². The van der Waals surface area contributed by atoms with E-state index in [4.69, 9.17) is 0 Å². The predicted octanol–water partition coefficient (Wildman–Crippen LogP) is 1.53. The molecule has 1 aliphatic rings. The van der Waals surface area contributed by atoms with E-state index in [2.05, 4.69) is 22.2 Å². The van der Waals surface area contributed by atoms with Crippen LogP contribution in [0.1, 0.15) is 43.6 Å². The smallest absolute Gasteiger partial charge is 0.274 e. The molecule has 2 heterocycles. The van der Waals surface area contributed by atoms with Crippen LogP contribution in [0.5, 0.6) is 0 Å². The fourth-order valence-corrected chi connectivity index (χ4v) is 2.53. The van der Waals surface area contributed by atoms with Gasteiger partial charge in [0.15, 0.2) is 0 Å². The molecule has 0 bridgehead atoms. The zero-order chi connectivity index (χ0) is 15.2. The van der Waals surface area contributed by atoms with Gasteiger partial charge in [0, 0.05) is 19.6 Å². The van der Waals surface area contributed by atoms with Gasteiger partial charge in [0.1, 0.15) is 11.5 Å². The molecule has 0 radical (unpaired) electrons. The van der Waals surface area contributed by atoms with Gasteiger partial charge in [-0.3, -0.25) is 4.79 Å². The Morgan fingerprint density at radius 2 is 2.14 bits per heavy atom. The molecule has 0 saturated carbocycles. The highest BCUT2D eigenvalue weighted by molar-refractivity contribution is 5.92. The molecule has 2 N–H and O–H groups in total. The van der Waals surface area contributed by atoms with Gasteiger partial charge >= 0.3 is 0 Å². The van der Waals surface area contributed by atoms with E-state index in [1.165, 1.54) is 6.20 Å². The highest BCUT2D eigenvalue weighted by Crippen LogP contribution is 2.21. The van der Waals surface area contributed by atoms with Crippen molar-refractivity contribution in [3.8, 4) is 0 Å². The van der Waals surface area contributed by atoms with E-state index in [0.717, 1.165) is 25.8 Å². The van der Waals surface area contributed by atoms with Crippen molar-refractivity contribution >= 4 is 11.7 Å². The number of hydrogen-bond acceptors (Lipinski definition) is 5. The van der Waals surface area contributed by atoms with Crippen LogP contribution in [0.15, 0.2) is 12.4 Å². The summed E-state index contributed by atoms with van der Waals surface area (Å²) >= 11 is 0. The summed E-state index contributed by atoms with van der Waals surface area (Å²) < 4.78 is 0. The van der Waals surface area contributed by atoms with Crippen molar-refractivity contribution in [1.82, 2.24) is 14.9 Å². The molecule has 1 atom stereocenters. The lowest BCUT2D eigenvalue weighted by atomic mass is 9.92. The average Bonchev–Trinajstić information content (AvgIpc) is 2.53. The summed E-state index contributed by atoms with van der Waals surface area (Å²) in [6.45, 7) is 6.08. The normalized spacial score (nSPS) is 17.6. The van der Waals surface area contributed by atoms with Crippen molar-refractivity contribution in [2.45, 2.75) is 39.2 Å². The molecule has 0 aromatic carbocycles. The number of aromatic nitrogens is 2. The molecule has 1 unspecified atom stereocenters. The molecule has 1 aliphatic heterocycles. The maximum Gasteiger partial charge on any atom is 0.274 e. The van der Waals surface area contributed by atoms with Gasteiger partial charge in [-0.1, -0.05) is 6.92 Å². The number of piperidine rings is 1. The van der Waals surface area contributed by atoms with E-state index >= 15 is 0 Å². The first-order valence-electron chi connectivity index (χ1n) is 7.65. The number of carbonyl (C=O) groups is 1. The summed E-state index contributed by atoms with van der Waals surface area (Å²) in [6.07, 6.45) is 5.53. The Morgan fingerprint density at radius 3 is 2.67 bits per heavy atom. The summed E-state index contributed by atoms with van der Waals surface area (Å²) in [5.41, 5.74) is 0.382. The molecule has 1 fully saturated rings. The van der Waals surface area contributed by atoms with Crippen LogP contribution in [0.3, 0.4) is 0 Å². The second kappa shape index (κ2) is 7.36. The third-order valence-electron chi connectivity index (χ3n) is 3.94. The van der Waals surface area contributed by atoms with Gasteiger partial charge in [-0.05, 0) is 32.1 Å². The van der Waals surface area contributed by atoms with Crippen molar-refractivity contribution in [2.24, 2.45) is 5.92 Å². The second-order valence-electron chi connectivity index (χ2n) is 5.58. The average molecular weight is 292 g/mol. The lowest BCUT2D eigenvalue weighted by Gasteiger charge is -2.33. The van der Waals surface area contributed by atoms with Crippen LogP contribution in [-0.2, 0) is 0 Å². The van der Waals surface area contributed by atoms with Crippen molar-refractivity contribution in [1.29, 1.82) is 0 Å². The van der Waals surface area contributed by atoms with E-state index < -0.39 is 0 Å². The van der Waals surface area contributed by atoms with Crippen molar-refractivity contribution in [3.05, 3.63) is 18.1 Å². The van der Waals surface area contributed by atoms with E-state index in [1.54, 1.807) is 11.1 Å². The highest BCUT2D eigenvalue weighted by atomic mass is 16.3. The third-order valence-corrected chi connectivity index (χ3v) is 3.94. The summed E-state index contributed by atoms with van der Waals surface area (Å²) in [5.74, 6) is 0.913. The van der Waals surface area contributed by atoms with Gasteiger partial charge in [-0.25, -0.2) is 9.97 Å². The number of aliphatic hydroxyl groups excluding tert-OH is 1. The van der Waals surface area contributed by atoms with Gasteiger partial charge < -0.3 is 15.3 Å². The molecule has 6 heteroatoms. The van der Waals surface area contributed by atoms with Gasteiger partial charge in [0.2, 0.25) is 0 Å². The predicted molar refractivity (Wildman–Crippen MR) is 81.1 cm³/mol. The molecule has 2 rings (SSSR count). The first-order valence-corrected chi connectivity index (χ1v) is 7.65. The van der Waals surface area contributed by atoms with E-state index in [-0.39, 0.29) is 12.0 Å². The fraction of sp³-hybridized carbons (Fsp3) is 0.667. The van der Waals surface area contributed by atoms with E-state index in [9.17, 15) is 9.90 Å². The Labute approximate surface area is 125 Å². The molecular weight excluding hydrogens is 268 g/mol. The summed E-state index contributed by atoms with van der Waals surface area (Å²) in [4.78, 5) is 22.5. The monoisotopic (exact) mass is 292 g/mol. The largest absolute Gasteiger partial charge is 0.393 e. The summed E-state index contributed by atoms with van der Waals surface area (Å²) in [6, 6.07) is 0. The number of carbonyl (C=O) groups excluding carboxylic acids is 1. The second-order valence-corrected chi connectivity index (χ2v) is 5.58. The zero-order valence-corrected chi connectivity index (χ0v) is 12.7. The van der Waals surface area contributed by atoms with Gasteiger partial charge in [-0.2, -0.15) is 0 Å². The number of anilines is 1. The lowest BCUT2D eigenvalue weighted by molar-refractivity contribution is 0.0516. The molecule has 1 amide bonds. The van der Waals surface area contributed by atoms with Crippen LogP contribution in [0.2, 0.25) is 0 Å². The van der Waals surface area contributed by atoms with Crippen LogP contribution in [0.4, 0.5) is 5.82 Å². The maximum absolute atomic E-state index is 12.3. The lowest BCUT2D eigenvalue weighted by Crippen LogP contribution is -2.41. The summed E-state index contributed by atoms with van der Waals surface area (Å²) in [7, 11) is 0. The molecule has 6 nitrogen and oxygen atoms in total. The standard InChI is InChI=1S/C15H24N4O2/c1-3-6-16-14-10-17-13(9-18-14)15(21)19-7-4-12(5-8-19)11(2)20/h9-12,20H,3-8H2,1-2H3,(H,16,18). The van der Waals surface area contributed by atoms with Crippen LogP contribution in [0.25, 0.3) is 0 Å². The van der Waals surface area contributed by atoms with Gasteiger partial charge in [0.05, 0.1) is 18.5 Å². The summed E-state index contributed by atoms with van der Waals surface area (Å²) in [5, 5.41) is 12.7. The molecule has 21 heavy (non-hydrogen) atoms. The molecule has 116 valence electrons. The van der Waals surface area contributed by atoms with E-state index in [0.29, 0.717) is 30.5 Å². The zero-order valence-electron chi connectivity index (χ0n) is 12.7. The fourth-order valence-electron chi connectivity index (χ4n) is 2.53. The van der Waals surface area contributed by atoms with Crippen molar-refractivity contribution in [3.63, 3.8) is 0 Å². The quantitative estimate of drug-likeness (QED) is 0.860. The minimum Gasteiger partial charge on any atom is -0.393 e. The first-order chi connectivity index (χ1) is 10.1. The Morgan fingerprint density at radius 1 is 1.43 bits per heavy atom. The third kappa shape index (κ3) is 4.14. The topological polar surface area (TPSA) is 78.4 Å². The minimum absolute atomic E-state index is 0.0754. The highest BCUT2D eigenvalue weighted by Gasteiger charge is 2.26. The number of likely N-dealkylation sites (tertiary alicyclic amines) is 1. The number of nitrogens with one attached hydrogen (secondary N) is 1. The van der Waals surface area contributed by atoms with Crippen LogP contribution in [-0.4, -0.2) is 51.6 Å². The number of hydrogen-bond donors (Lipinski definition) is 2. The molecule has 1 saturated heterocycles. The van der Waals surface area contributed by atoms with E-state index in [1.807, 2.05) is 6.92 Å². The molecule has 1 aromatic rings. The number of aliphatic hydroxyl groups is 1. The number of amides is 1. The SMILES string of the molecule is CCCNc1cnc(C(=O)N2CCC(C(C)O)CC2)cn1. The number of rotatable bonds is 5. The van der Waals surface area contributed by atoms with Crippen LogP contribution in [0, 0.1) is 5.92 Å². The Kier molecular flexibility index (Phi) is 5.50. The molecule has 0 spiro atoms. The molecular formula is C15H24N4O2. The Bertz CT molecular complexity index is 453. The molecule has 1 aromatic heterocycles. The maximum atomic E-state index is 12.3. The molecule has 0 aliphatic carbocycles. The van der Waals surface area contributed by atoms with Crippen LogP contribution >= 0.6 is 0 Å².